The first-order valence-corrected chi connectivity index (χ1v) is 9.80. The van der Waals surface area contributed by atoms with Crippen LogP contribution >= 0.6 is 0 Å². The molecular formula is C20H38N6. The van der Waals surface area contributed by atoms with Gasteiger partial charge in [0.05, 0.1) is 17.6 Å². The summed E-state index contributed by atoms with van der Waals surface area (Å²) in [6.07, 6.45) is 8.35. The molecule has 0 bridgehead atoms. The molecule has 0 atom stereocenters. The van der Waals surface area contributed by atoms with E-state index in [0.29, 0.717) is 10.8 Å². The highest BCUT2D eigenvalue weighted by molar-refractivity contribution is 4.95. The maximum absolute atomic E-state index is 4.10. The lowest BCUT2D eigenvalue weighted by Gasteiger charge is -2.17. The van der Waals surface area contributed by atoms with Crippen molar-refractivity contribution in [3.63, 3.8) is 0 Å². The van der Waals surface area contributed by atoms with Gasteiger partial charge in [-0.1, -0.05) is 52.0 Å². The average Bonchev–Trinajstić information content (AvgIpc) is 3.18. The molecule has 2 aromatic heterocycles. The number of hydrogen-bond acceptors (Lipinski definition) is 4. The molecule has 0 amide bonds. The minimum Gasteiger partial charge on any atom is -0.253 e. The fourth-order valence-corrected chi connectivity index (χ4v) is 2.35. The van der Waals surface area contributed by atoms with Crippen molar-refractivity contribution in [3.8, 4) is 0 Å². The van der Waals surface area contributed by atoms with Gasteiger partial charge in [0.2, 0.25) is 0 Å². The van der Waals surface area contributed by atoms with E-state index >= 15 is 0 Å². The van der Waals surface area contributed by atoms with Gasteiger partial charge in [0, 0.05) is 19.3 Å². The molecule has 0 aromatic carbocycles. The molecule has 6 nitrogen and oxygen atoms in total. The number of rotatable bonds is 6. The lowest BCUT2D eigenvalue weighted by Crippen LogP contribution is -2.09. The highest BCUT2D eigenvalue weighted by atomic mass is 15.4. The van der Waals surface area contributed by atoms with Crippen molar-refractivity contribution in [2.45, 2.75) is 94.2 Å². The third-order valence-corrected chi connectivity index (χ3v) is 4.17. The average molecular weight is 363 g/mol. The second kappa shape index (κ2) is 9.83. The van der Waals surface area contributed by atoms with Crippen LogP contribution in [0.4, 0.5) is 0 Å². The standard InChI is InChI=1S/2C10H19N3/c1-5-13-8-9(11-12-13)6-7-10(2,3)4;1-5-13-9(8-11-12-13)6-7-10(2,3)4/h2*8H,5-7H2,1-4H3. The summed E-state index contributed by atoms with van der Waals surface area (Å²) in [5, 5.41) is 16.0. The van der Waals surface area contributed by atoms with Gasteiger partial charge in [-0.15, -0.1) is 10.2 Å². The maximum Gasteiger partial charge on any atom is 0.0827 e. The number of aryl methyl sites for hydroxylation is 4. The first-order chi connectivity index (χ1) is 12.0. The molecule has 2 aromatic rings. The Morgan fingerprint density at radius 3 is 1.96 bits per heavy atom. The third-order valence-electron chi connectivity index (χ3n) is 4.17. The van der Waals surface area contributed by atoms with Gasteiger partial charge in [-0.3, -0.25) is 4.68 Å². The van der Waals surface area contributed by atoms with E-state index in [1.807, 2.05) is 21.8 Å². The Morgan fingerprint density at radius 2 is 1.46 bits per heavy atom. The first kappa shape index (κ1) is 22.3. The van der Waals surface area contributed by atoms with Crippen LogP contribution in [0.1, 0.15) is 79.6 Å². The fourth-order valence-electron chi connectivity index (χ4n) is 2.35. The molecule has 0 unspecified atom stereocenters. The second-order valence-corrected chi connectivity index (χ2v) is 9.23. The molecule has 0 saturated carbocycles. The van der Waals surface area contributed by atoms with E-state index in [1.54, 1.807) is 0 Å². The van der Waals surface area contributed by atoms with Gasteiger partial charge in [0.15, 0.2) is 0 Å². The van der Waals surface area contributed by atoms with Gasteiger partial charge in [-0.2, -0.15) is 0 Å². The molecule has 2 heterocycles. The van der Waals surface area contributed by atoms with Crippen LogP contribution in [0.15, 0.2) is 12.4 Å². The van der Waals surface area contributed by atoms with Gasteiger partial charge >= 0.3 is 0 Å². The Balaban J connectivity index is 0.000000260. The van der Waals surface area contributed by atoms with E-state index in [9.17, 15) is 0 Å². The Kier molecular flexibility index (Phi) is 8.44. The van der Waals surface area contributed by atoms with Gasteiger partial charge in [-0.25, -0.2) is 4.68 Å². The Hall–Kier alpha value is -1.72. The molecule has 0 aliphatic carbocycles. The summed E-state index contributed by atoms with van der Waals surface area (Å²) in [7, 11) is 0. The van der Waals surface area contributed by atoms with Crippen LogP contribution in [0.5, 0.6) is 0 Å². The van der Waals surface area contributed by atoms with Crippen LogP contribution in [0.2, 0.25) is 0 Å². The van der Waals surface area contributed by atoms with Crippen molar-refractivity contribution in [1.82, 2.24) is 30.0 Å². The number of nitrogens with zero attached hydrogens (tertiary/aromatic N) is 6. The van der Waals surface area contributed by atoms with Crippen molar-refractivity contribution < 1.29 is 0 Å². The van der Waals surface area contributed by atoms with Crippen molar-refractivity contribution >= 4 is 0 Å². The molecule has 0 aliphatic heterocycles. The molecule has 26 heavy (non-hydrogen) atoms. The highest BCUT2D eigenvalue weighted by Gasteiger charge is 2.12. The van der Waals surface area contributed by atoms with E-state index < -0.39 is 0 Å². The lowest BCUT2D eigenvalue weighted by atomic mass is 9.90. The van der Waals surface area contributed by atoms with Crippen molar-refractivity contribution in [2.24, 2.45) is 10.8 Å². The summed E-state index contributed by atoms with van der Waals surface area (Å²) in [6, 6.07) is 0. The van der Waals surface area contributed by atoms with Gasteiger partial charge < -0.3 is 0 Å². The predicted octanol–water partition coefficient (Wildman–Crippen LogP) is 4.55. The molecule has 2 rings (SSSR count). The van der Waals surface area contributed by atoms with E-state index in [2.05, 4.69) is 76.0 Å². The van der Waals surface area contributed by atoms with Gasteiger partial charge in [0.1, 0.15) is 0 Å². The van der Waals surface area contributed by atoms with E-state index in [0.717, 1.165) is 38.0 Å². The van der Waals surface area contributed by atoms with Crippen LogP contribution in [-0.4, -0.2) is 30.0 Å². The zero-order valence-corrected chi connectivity index (χ0v) is 18.1. The third kappa shape index (κ3) is 9.11. The summed E-state index contributed by atoms with van der Waals surface area (Å²) in [4.78, 5) is 0. The lowest BCUT2D eigenvalue weighted by molar-refractivity contribution is 0.372. The predicted molar refractivity (Wildman–Crippen MR) is 107 cm³/mol. The van der Waals surface area contributed by atoms with Crippen LogP contribution in [0, 0.1) is 10.8 Å². The molecule has 0 N–H and O–H groups in total. The zero-order valence-electron chi connectivity index (χ0n) is 18.1. The number of hydrogen-bond donors (Lipinski definition) is 0. The molecule has 6 heteroatoms. The van der Waals surface area contributed by atoms with Crippen molar-refractivity contribution in [1.29, 1.82) is 0 Å². The van der Waals surface area contributed by atoms with Gasteiger partial charge in [-0.05, 0) is 50.4 Å². The monoisotopic (exact) mass is 362 g/mol. The molecular weight excluding hydrogens is 324 g/mol. The van der Waals surface area contributed by atoms with E-state index in [1.165, 1.54) is 12.1 Å². The smallest absolute Gasteiger partial charge is 0.0827 e. The van der Waals surface area contributed by atoms with Crippen LogP contribution in [0.25, 0.3) is 0 Å². The zero-order chi connectivity index (χ0) is 19.8. The summed E-state index contributed by atoms with van der Waals surface area (Å²) < 4.78 is 3.84. The minimum absolute atomic E-state index is 0.385. The van der Waals surface area contributed by atoms with E-state index in [4.69, 9.17) is 0 Å². The maximum atomic E-state index is 4.10. The quantitative estimate of drug-likeness (QED) is 0.756. The largest absolute Gasteiger partial charge is 0.253 e. The van der Waals surface area contributed by atoms with Crippen molar-refractivity contribution in [2.75, 3.05) is 0 Å². The SMILES string of the molecule is CCn1cc(CCC(C)(C)C)nn1.CCn1nncc1CCC(C)(C)C. The second-order valence-electron chi connectivity index (χ2n) is 9.23. The van der Waals surface area contributed by atoms with Crippen LogP contribution in [0.3, 0.4) is 0 Å². The molecule has 0 spiro atoms. The summed E-state index contributed by atoms with van der Waals surface area (Å²) in [5.74, 6) is 0. The van der Waals surface area contributed by atoms with Gasteiger partial charge in [0.25, 0.3) is 0 Å². The Bertz CT molecular complexity index is 627. The molecule has 0 saturated heterocycles. The molecule has 0 fully saturated rings. The molecule has 0 aliphatic rings. The fraction of sp³-hybridized carbons (Fsp3) is 0.800. The number of aromatic nitrogens is 6. The summed E-state index contributed by atoms with van der Waals surface area (Å²) >= 11 is 0. The van der Waals surface area contributed by atoms with E-state index in [-0.39, 0.29) is 0 Å². The Labute approximate surface area is 159 Å². The normalized spacial score (nSPS) is 12.0. The summed E-state index contributed by atoms with van der Waals surface area (Å²) in [5.41, 5.74) is 3.13. The minimum atomic E-state index is 0.385. The summed E-state index contributed by atoms with van der Waals surface area (Å²) in [6.45, 7) is 19.5. The topological polar surface area (TPSA) is 61.4 Å². The van der Waals surface area contributed by atoms with Crippen molar-refractivity contribution in [3.05, 3.63) is 23.8 Å². The molecule has 0 radical (unpaired) electrons. The Morgan fingerprint density at radius 1 is 0.846 bits per heavy atom. The molecule has 148 valence electrons. The highest BCUT2D eigenvalue weighted by Crippen LogP contribution is 2.21. The first-order valence-electron chi connectivity index (χ1n) is 9.80. The van der Waals surface area contributed by atoms with Crippen LogP contribution in [-0.2, 0) is 25.9 Å². The van der Waals surface area contributed by atoms with Crippen LogP contribution < -0.4 is 0 Å².